The molecule has 3 N–H and O–H groups in total. The molecule has 152 valence electrons. The molecular weight excluding hydrogens is 386 g/mol. The summed E-state index contributed by atoms with van der Waals surface area (Å²) >= 11 is 0. The maximum atomic E-state index is 13.8. The van der Waals surface area contributed by atoms with Crippen molar-refractivity contribution in [1.29, 1.82) is 0 Å². The Hall–Kier alpha value is -3.53. The highest BCUT2D eigenvalue weighted by atomic mass is 19.1. The van der Waals surface area contributed by atoms with Gasteiger partial charge >= 0.3 is 5.97 Å². The highest BCUT2D eigenvalue weighted by Crippen LogP contribution is 2.27. The number of hydrogen-bond acceptors (Lipinski definition) is 6. The van der Waals surface area contributed by atoms with E-state index in [0.29, 0.717) is 11.3 Å². The Balaban J connectivity index is 1.78. The summed E-state index contributed by atoms with van der Waals surface area (Å²) in [4.78, 5) is 27.1. The summed E-state index contributed by atoms with van der Waals surface area (Å²) in [6.07, 6.45) is 3.09. The number of carbonyl (C=O) groups excluding carboxylic acids is 1. The summed E-state index contributed by atoms with van der Waals surface area (Å²) in [5, 5.41) is 12.5. The Morgan fingerprint density at radius 1 is 1.34 bits per heavy atom. The van der Waals surface area contributed by atoms with Crippen LogP contribution in [0, 0.1) is 18.6 Å². The highest BCUT2D eigenvalue weighted by molar-refractivity contribution is 5.98. The molecular formula is C19H18F2N4O4. The zero-order valence-electron chi connectivity index (χ0n) is 15.6. The van der Waals surface area contributed by atoms with Crippen molar-refractivity contribution in [3.05, 3.63) is 59.3 Å². The number of hydrazine groups is 1. The molecule has 1 amide bonds. The molecule has 2 heterocycles. The van der Waals surface area contributed by atoms with Crippen molar-refractivity contribution in [2.24, 2.45) is 0 Å². The van der Waals surface area contributed by atoms with Gasteiger partial charge in [-0.15, -0.1) is 0 Å². The number of carboxylic acid groups (broad SMARTS) is 1. The number of halogens is 2. The first kappa shape index (κ1) is 20.2. The van der Waals surface area contributed by atoms with Gasteiger partial charge in [-0.2, -0.15) is 0 Å². The summed E-state index contributed by atoms with van der Waals surface area (Å²) in [6, 6.07) is 4.03. The molecule has 1 unspecified atom stereocenters. The summed E-state index contributed by atoms with van der Waals surface area (Å²) in [6.45, 7) is 1.27. The van der Waals surface area contributed by atoms with E-state index in [1.165, 1.54) is 12.3 Å². The Morgan fingerprint density at radius 3 is 2.66 bits per heavy atom. The molecule has 1 atom stereocenters. The standard InChI is InChI=1S/C19H18F2N4O4/c1-10-6-16(29-9-17(26)27)22-8-11(10)15-7-14(24-25(15)2)19(28)23-18-12(20)4-3-5-13(18)21/h3-8,14,24H,9H2,1-2H3,(H,23,28)(H,26,27). The molecule has 1 aliphatic heterocycles. The van der Waals surface area contributed by atoms with Crippen molar-refractivity contribution < 1.29 is 28.2 Å². The number of aliphatic carboxylic acids is 1. The lowest BCUT2D eigenvalue weighted by molar-refractivity contribution is -0.139. The van der Waals surface area contributed by atoms with Crippen LogP contribution in [0.15, 0.2) is 36.5 Å². The molecule has 0 saturated heterocycles. The lowest BCUT2D eigenvalue weighted by atomic mass is 10.1. The Labute approximate surface area is 164 Å². The van der Waals surface area contributed by atoms with Gasteiger partial charge in [-0.25, -0.2) is 24.0 Å². The van der Waals surface area contributed by atoms with Gasteiger partial charge in [0.15, 0.2) is 6.61 Å². The zero-order chi connectivity index (χ0) is 21.1. The first-order valence-corrected chi connectivity index (χ1v) is 8.54. The van der Waals surface area contributed by atoms with Gasteiger partial charge in [-0.3, -0.25) is 4.79 Å². The molecule has 0 aliphatic carbocycles. The van der Waals surface area contributed by atoms with E-state index in [9.17, 15) is 18.4 Å². The fourth-order valence-corrected chi connectivity index (χ4v) is 2.82. The number of pyridine rings is 1. The summed E-state index contributed by atoms with van der Waals surface area (Å²) < 4.78 is 32.6. The van der Waals surface area contributed by atoms with Gasteiger partial charge in [0.25, 0.3) is 0 Å². The SMILES string of the molecule is Cc1cc(OCC(=O)O)ncc1C1=CC(C(=O)Nc2c(F)cccc2F)NN1C. The number of rotatable bonds is 6. The van der Waals surface area contributed by atoms with E-state index in [2.05, 4.69) is 15.7 Å². The number of carbonyl (C=O) groups is 2. The predicted molar refractivity (Wildman–Crippen MR) is 99.8 cm³/mol. The maximum Gasteiger partial charge on any atom is 0.341 e. The first-order valence-electron chi connectivity index (χ1n) is 8.54. The number of anilines is 1. The number of para-hydroxylation sites is 1. The lowest BCUT2D eigenvalue weighted by Crippen LogP contribution is -2.41. The van der Waals surface area contributed by atoms with Gasteiger partial charge in [-0.05, 0) is 30.7 Å². The van der Waals surface area contributed by atoms with Crippen molar-refractivity contribution in [3.63, 3.8) is 0 Å². The maximum absolute atomic E-state index is 13.8. The number of benzene rings is 1. The number of nitrogens with one attached hydrogen (secondary N) is 2. The molecule has 0 fully saturated rings. The molecule has 2 aromatic rings. The van der Waals surface area contributed by atoms with Gasteiger partial charge in [-0.1, -0.05) is 6.07 Å². The van der Waals surface area contributed by atoms with Gasteiger partial charge in [0.2, 0.25) is 11.8 Å². The van der Waals surface area contributed by atoms with Crippen LogP contribution >= 0.6 is 0 Å². The monoisotopic (exact) mass is 404 g/mol. The molecule has 8 nitrogen and oxygen atoms in total. The van der Waals surface area contributed by atoms with Crippen molar-refractivity contribution in [2.45, 2.75) is 13.0 Å². The molecule has 0 saturated carbocycles. The van der Waals surface area contributed by atoms with Gasteiger partial charge in [0.05, 0.1) is 5.70 Å². The van der Waals surface area contributed by atoms with Crippen LogP contribution in [-0.4, -0.2) is 46.7 Å². The van der Waals surface area contributed by atoms with Gasteiger partial charge < -0.3 is 20.2 Å². The average molecular weight is 404 g/mol. The van der Waals surface area contributed by atoms with Crippen LogP contribution in [0.4, 0.5) is 14.5 Å². The third-order valence-electron chi connectivity index (χ3n) is 4.22. The molecule has 1 aromatic heterocycles. The van der Waals surface area contributed by atoms with E-state index < -0.39 is 41.8 Å². The molecule has 3 rings (SSSR count). The number of ether oxygens (including phenoxy) is 1. The van der Waals surface area contributed by atoms with Crippen LogP contribution in [0.1, 0.15) is 11.1 Å². The van der Waals surface area contributed by atoms with Gasteiger partial charge in [0.1, 0.15) is 23.4 Å². The number of nitrogens with zero attached hydrogens (tertiary/aromatic N) is 2. The summed E-state index contributed by atoms with van der Waals surface area (Å²) in [7, 11) is 1.68. The fourth-order valence-electron chi connectivity index (χ4n) is 2.82. The third kappa shape index (κ3) is 4.49. The number of carboxylic acids is 1. The second-order valence-corrected chi connectivity index (χ2v) is 6.32. The summed E-state index contributed by atoms with van der Waals surface area (Å²) in [5.41, 5.74) is 4.41. The topological polar surface area (TPSA) is 104 Å². The van der Waals surface area contributed by atoms with Crippen molar-refractivity contribution in [3.8, 4) is 5.88 Å². The molecule has 0 spiro atoms. The predicted octanol–water partition coefficient (Wildman–Crippen LogP) is 1.93. The molecule has 29 heavy (non-hydrogen) atoms. The van der Waals surface area contributed by atoms with Gasteiger partial charge in [0, 0.05) is 24.9 Å². The number of aryl methyl sites for hydroxylation is 1. The Morgan fingerprint density at radius 2 is 2.03 bits per heavy atom. The van der Waals surface area contributed by atoms with Crippen LogP contribution in [0.25, 0.3) is 5.70 Å². The average Bonchev–Trinajstić information content (AvgIpc) is 3.04. The van der Waals surface area contributed by atoms with Crippen LogP contribution in [0.3, 0.4) is 0 Å². The van der Waals surface area contributed by atoms with Crippen LogP contribution in [0.2, 0.25) is 0 Å². The number of hydrogen-bond donors (Lipinski definition) is 3. The lowest BCUT2D eigenvalue weighted by Gasteiger charge is -2.19. The second-order valence-electron chi connectivity index (χ2n) is 6.32. The molecule has 0 radical (unpaired) electrons. The minimum atomic E-state index is -1.11. The Kier molecular flexibility index (Phi) is 5.74. The van der Waals surface area contributed by atoms with E-state index in [4.69, 9.17) is 9.84 Å². The number of amides is 1. The quantitative estimate of drug-likeness (QED) is 0.676. The Bertz CT molecular complexity index is 976. The normalized spacial score (nSPS) is 15.8. The van der Waals surface area contributed by atoms with Crippen LogP contribution < -0.4 is 15.5 Å². The highest BCUT2D eigenvalue weighted by Gasteiger charge is 2.28. The fraction of sp³-hybridized carbons (Fsp3) is 0.211. The largest absolute Gasteiger partial charge is 0.479 e. The smallest absolute Gasteiger partial charge is 0.341 e. The summed E-state index contributed by atoms with van der Waals surface area (Å²) in [5.74, 6) is -3.33. The second kappa shape index (κ2) is 8.23. The van der Waals surface area contributed by atoms with Crippen molar-refractivity contribution in [1.82, 2.24) is 15.4 Å². The third-order valence-corrected chi connectivity index (χ3v) is 4.22. The van der Waals surface area contributed by atoms with E-state index in [1.54, 1.807) is 31.1 Å². The molecule has 0 bridgehead atoms. The van der Waals surface area contributed by atoms with E-state index in [1.807, 2.05) is 0 Å². The molecule has 1 aliphatic rings. The van der Waals surface area contributed by atoms with E-state index in [-0.39, 0.29) is 5.88 Å². The van der Waals surface area contributed by atoms with Crippen LogP contribution in [-0.2, 0) is 9.59 Å². The minimum absolute atomic E-state index is 0.159. The van der Waals surface area contributed by atoms with E-state index >= 15 is 0 Å². The van der Waals surface area contributed by atoms with E-state index in [0.717, 1.165) is 17.7 Å². The molecule has 1 aromatic carbocycles. The number of aromatic nitrogens is 1. The molecule has 10 heteroatoms. The van der Waals surface area contributed by atoms with Crippen molar-refractivity contribution in [2.75, 3.05) is 19.0 Å². The van der Waals surface area contributed by atoms with Crippen LogP contribution in [0.5, 0.6) is 5.88 Å². The van der Waals surface area contributed by atoms with Crippen molar-refractivity contribution >= 4 is 23.3 Å². The zero-order valence-corrected chi connectivity index (χ0v) is 15.6. The minimum Gasteiger partial charge on any atom is -0.479 e. The first-order chi connectivity index (χ1) is 13.8.